The number of alkyl halides is 3. The Hall–Kier alpha value is -5.30. The van der Waals surface area contributed by atoms with Crippen LogP contribution in [0.15, 0.2) is 60.6 Å². The van der Waals surface area contributed by atoms with E-state index < -0.39 is 91.2 Å². The monoisotopic (exact) mass is 872 g/mol. The molecule has 2 aliphatic carbocycles. The van der Waals surface area contributed by atoms with Gasteiger partial charge in [-0.15, -0.1) is 17.9 Å². The highest BCUT2D eigenvalue weighted by Crippen LogP contribution is 2.46. The molecule has 0 radical (unpaired) electrons. The number of halogens is 4. The molecule has 1 aliphatic heterocycles. The van der Waals surface area contributed by atoms with E-state index in [1.165, 1.54) is 29.7 Å². The number of pyridine rings is 1. The highest BCUT2D eigenvalue weighted by Gasteiger charge is 2.62. The van der Waals surface area contributed by atoms with Crippen molar-refractivity contribution >= 4 is 55.0 Å². The zero-order chi connectivity index (χ0) is 43.5. The molecule has 3 amide bonds. The number of carbonyl (C=O) groups is 3. The molecule has 19 heteroatoms. The third-order valence-corrected chi connectivity index (χ3v) is 13.6. The van der Waals surface area contributed by atoms with Crippen molar-refractivity contribution in [3.63, 3.8) is 0 Å². The number of aromatic nitrogens is 2. The lowest BCUT2D eigenvalue weighted by molar-refractivity contribution is -0.141. The number of hydrogen-bond donors (Lipinski definition) is 3. The lowest BCUT2D eigenvalue weighted by Crippen LogP contribution is -2.58. The number of anilines is 1. The number of aryl methyl sites for hydroxylation is 1. The van der Waals surface area contributed by atoms with Crippen LogP contribution in [0.1, 0.15) is 57.6 Å². The topological polar surface area (TPSA) is 169 Å². The van der Waals surface area contributed by atoms with E-state index in [0.717, 1.165) is 35.1 Å². The van der Waals surface area contributed by atoms with E-state index in [9.17, 15) is 40.4 Å². The molecule has 2 aromatic heterocycles. The van der Waals surface area contributed by atoms with Crippen molar-refractivity contribution in [1.29, 1.82) is 0 Å². The lowest BCUT2D eigenvalue weighted by Gasteiger charge is -2.35. The number of sulfonamides is 1. The van der Waals surface area contributed by atoms with Crippen molar-refractivity contribution < 1.29 is 49.8 Å². The fourth-order valence-corrected chi connectivity index (χ4v) is 9.62. The van der Waals surface area contributed by atoms with Crippen molar-refractivity contribution in [2.24, 2.45) is 11.3 Å². The number of hydrogen-bond acceptors (Lipinski definition) is 11. The largest absolute Gasteiger partial charge is 0.494 e. The summed E-state index contributed by atoms with van der Waals surface area (Å²) in [6.07, 6.45) is -1.91. The molecule has 3 aliphatic rings. The molecule has 13 nitrogen and oxygen atoms in total. The van der Waals surface area contributed by atoms with Gasteiger partial charge in [0.15, 0.2) is 5.13 Å². The van der Waals surface area contributed by atoms with Gasteiger partial charge in [0.25, 0.3) is 5.91 Å². The minimum absolute atomic E-state index is 0.0197. The Morgan fingerprint density at radius 2 is 1.85 bits per heavy atom. The average Bonchev–Trinajstić information content (AvgIpc) is 4.07. The van der Waals surface area contributed by atoms with Crippen LogP contribution in [-0.2, 0) is 30.6 Å². The first kappa shape index (κ1) is 42.8. The molecular weight excluding hydrogens is 829 g/mol. The van der Waals surface area contributed by atoms with Crippen LogP contribution in [0.25, 0.3) is 22.0 Å². The van der Waals surface area contributed by atoms with Crippen LogP contribution in [0.3, 0.4) is 0 Å². The van der Waals surface area contributed by atoms with Gasteiger partial charge in [0.05, 0.1) is 36.4 Å². The maximum absolute atomic E-state index is 14.9. The van der Waals surface area contributed by atoms with Gasteiger partial charge in [-0.25, -0.2) is 22.8 Å². The molecule has 0 spiro atoms. The second kappa shape index (κ2) is 15.6. The highest BCUT2D eigenvalue weighted by molar-refractivity contribution is 7.91. The molecule has 5 atom stereocenters. The van der Waals surface area contributed by atoms with Crippen LogP contribution in [0, 0.1) is 24.1 Å². The first-order valence-corrected chi connectivity index (χ1v) is 21.6. The molecule has 7 rings (SSSR count). The third-order valence-electron chi connectivity index (χ3n) is 11.0. The van der Waals surface area contributed by atoms with E-state index in [0.29, 0.717) is 29.4 Å². The molecule has 320 valence electrons. The summed E-state index contributed by atoms with van der Waals surface area (Å²) in [5.41, 5.74) is -3.87. The Morgan fingerprint density at radius 1 is 1.12 bits per heavy atom. The van der Waals surface area contributed by atoms with Crippen LogP contribution in [-0.4, -0.2) is 83.6 Å². The molecule has 3 heterocycles. The number of ether oxygens (including phenoxy) is 2. The van der Waals surface area contributed by atoms with Gasteiger partial charge in [0, 0.05) is 34.1 Å². The van der Waals surface area contributed by atoms with E-state index >= 15 is 0 Å². The van der Waals surface area contributed by atoms with Gasteiger partial charge in [-0.1, -0.05) is 50.6 Å². The Morgan fingerprint density at radius 3 is 2.48 bits per heavy atom. The summed E-state index contributed by atoms with van der Waals surface area (Å²) >= 11 is 0.872. The lowest BCUT2D eigenvalue weighted by atomic mass is 9.85. The van der Waals surface area contributed by atoms with Crippen molar-refractivity contribution in [3.05, 3.63) is 77.6 Å². The minimum Gasteiger partial charge on any atom is -0.494 e. The number of fused-ring (bicyclic) bond motifs is 1. The number of nitrogens with one attached hydrogen (secondary N) is 3. The Kier molecular flexibility index (Phi) is 11.1. The Labute approximate surface area is 348 Å². The molecule has 1 saturated heterocycles. The van der Waals surface area contributed by atoms with Crippen molar-refractivity contribution in [3.8, 4) is 22.9 Å². The summed E-state index contributed by atoms with van der Waals surface area (Å²) < 4.78 is 96.2. The first-order valence-electron chi connectivity index (χ1n) is 19.2. The van der Waals surface area contributed by atoms with E-state index in [4.69, 9.17) is 9.47 Å². The van der Waals surface area contributed by atoms with Crippen LogP contribution < -0.4 is 24.8 Å². The van der Waals surface area contributed by atoms with Crippen LogP contribution in [0.2, 0.25) is 0 Å². The predicted molar refractivity (Wildman–Crippen MR) is 216 cm³/mol. The fourth-order valence-electron chi connectivity index (χ4n) is 7.53. The molecule has 3 N–H and O–H groups in total. The maximum Gasteiger partial charge on any atom is 0.417 e. The number of nitrogens with zero attached hydrogens (tertiary/aromatic N) is 3. The number of carbonyl (C=O) groups excluding carboxylic acids is 3. The molecule has 0 bridgehead atoms. The molecule has 2 saturated carbocycles. The summed E-state index contributed by atoms with van der Waals surface area (Å²) in [5, 5.41) is 7.71. The van der Waals surface area contributed by atoms with Crippen LogP contribution >= 0.6 is 11.3 Å². The summed E-state index contributed by atoms with van der Waals surface area (Å²) in [6, 6.07) is 5.84. The van der Waals surface area contributed by atoms with Gasteiger partial charge in [-0.05, 0) is 49.8 Å². The molecule has 2 aromatic carbocycles. The highest BCUT2D eigenvalue weighted by atomic mass is 32.2. The Balaban J connectivity index is 1.21. The second-order valence-corrected chi connectivity index (χ2v) is 19.3. The molecule has 3 fully saturated rings. The maximum atomic E-state index is 14.9. The average molecular weight is 873 g/mol. The van der Waals surface area contributed by atoms with Crippen molar-refractivity contribution in [2.75, 3.05) is 19.0 Å². The number of amides is 3. The number of benzene rings is 2. The normalized spacial score (nSPS) is 22.2. The minimum atomic E-state index is -4.87. The zero-order valence-corrected chi connectivity index (χ0v) is 35.0. The van der Waals surface area contributed by atoms with Crippen molar-refractivity contribution in [2.45, 2.75) is 88.5 Å². The van der Waals surface area contributed by atoms with Gasteiger partial charge in [0.1, 0.15) is 35.3 Å². The van der Waals surface area contributed by atoms with E-state index in [1.807, 2.05) is 25.1 Å². The summed E-state index contributed by atoms with van der Waals surface area (Å²) in [5.74, 6) is -3.26. The first-order chi connectivity index (χ1) is 28.2. The van der Waals surface area contributed by atoms with Gasteiger partial charge in [-0.3, -0.25) is 19.1 Å². The van der Waals surface area contributed by atoms with E-state index in [1.54, 1.807) is 20.8 Å². The predicted octanol–water partition coefficient (Wildman–Crippen LogP) is 6.38. The molecule has 0 unspecified atom stereocenters. The summed E-state index contributed by atoms with van der Waals surface area (Å²) in [7, 11) is -2.46. The van der Waals surface area contributed by atoms with Crippen LogP contribution in [0.5, 0.6) is 11.6 Å². The zero-order valence-electron chi connectivity index (χ0n) is 33.4. The van der Waals surface area contributed by atoms with Gasteiger partial charge >= 0.3 is 6.18 Å². The number of methoxy groups -OCH3 is 1. The Bertz CT molecular complexity index is 2490. The molecular formula is C41H44F4N6O7S2. The second-order valence-electron chi connectivity index (χ2n) is 16.5. The SMILES string of the molecule is C=C[C@@H]1C[C@]1(NC(=O)[C@@H]1C[C@@H](Oc2ncc(OC)c3ccc(C)cc23)CN1C(=O)[C@@H](Nc1nc(-c2c(F)cccc2C(F)(F)F)cs1)C(C)(C)C)C(=O)NS(=O)(=O)C1CC1. The quantitative estimate of drug-likeness (QED) is 0.101. The number of thiazole rings is 1. The standard InChI is InChI=1S/C41H44F4N6O7S2/c1-7-22-17-40(22,37(54)50-60(55,56)24-12-13-24)49-34(52)30-16-23(58-35-26-15-21(2)11-14-25(26)31(57-6)18-46-35)19-51(30)36(53)33(39(3,4)5)48-38-47-29(20-59-38)32-27(41(43,44)45)9-8-10-28(32)42/h7-11,14-15,18,20,22-24,30,33H,1,12-13,16-17,19H2,2-6H3,(H,47,48)(H,49,52)(H,50,54)/t22-,23-,30+,33-,40-/m1/s1. The van der Waals surface area contributed by atoms with E-state index in [-0.39, 0.29) is 36.1 Å². The number of likely N-dealkylation sites (tertiary alicyclic amines) is 1. The fraction of sp³-hybridized carbons (Fsp3) is 0.439. The van der Waals surface area contributed by atoms with E-state index in [2.05, 4.69) is 31.9 Å². The summed E-state index contributed by atoms with van der Waals surface area (Å²) in [4.78, 5) is 52.9. The third kappa shape index (κ3) is 8.37. The summed E-state index contributed by atoms with van der Waals surface area (Å²) in [6.45, 7) is 10.7. The molecule has 4 aromatic rings. The molecule has 60 heavy (non-hydrogen) atoms. The number of rotatable bonds is 13. The van der Waals surface area contributed by atoms with Crippen LogP contribution in [0.4, 0.5) is 22.7 Å². The van der Waals surface area contributed by atoms with Gasteiger partial charge in [0.2, 0.25) is 27.7 Å². The van der Waals surface area contributed by atoms with Gasteiger partial charge < -0.3 is 25.0 Å². The van der Waals surface area contributed by atoms with Gasteiger partial charge in [-0.2, -0.15) is 13.2 Å². The smallest absolute Gasteiger partial charge is 0.417 e. The van der Waals surface area contributed by atoms with Crippen molar-refractivity contribution in [1.82, 2.24) is 24.9 Å².